The normalized spacial score (nSPS) is 12.1. The first-order valence-electron chi connectivity index (χ1n) is 10.8. The molecule has 3 N–H and O–H groups in total. The fraction of sp³-hybridized carbons (Fsp3) is 0.240. The van der Waals surface area contributed by atoms with E-state index in [9.17, 15) is 23.4 Å². The maximum atomic E-state index is 11.9. The third-order valence-electron chi connectivity index (χ3n) is 5.17. The van der Waals surface area contributed by atoms with Crippen molar-refractivity contribution in [2.45, 2.75) is 19.1 Å². The van der Waals surface area contributed by atoms with E-state index in [-0.39, 0.29) is 25.4 Å². The second-order valence-electron chi connectivity index (χ2n) is 8.02. The number of nitrogens with one attached hydrogen (secondary N) is 1. The summed E-state index contributed by atoms with van der Waals surface area (Å²) in [5.41, 5.74) is 2.40. The highest BCUT2D eigenvalue weighted by Crippen LogP contribution is 2.30. The van der Waals surface area contributed by atoms with Gasteiger partial charge in [0.25, 0.3) is 0 Å². The zero-order valence-corrected chi connectivity index (χ0v) is 21.5. The maximum Gasteiger partial charge on any atom is 0.407 e. The molecule has 0 spiro atoms. The third-order valence-corrected chi connectivity index (χ3v) is 6.29. The molecule has 10 heteroatoms. The number of rotatable bonds is 11. The molecule has 0 bridgehead atoms. The molecule has 0 saturated carbocycles. The molecule has 8 nitrogen and oxygen atoms in total. The van der Waals surface area contributed by atoms with Crippen LogP contribution in [0.5, 0.6) is 5.75 Å². The predicted molar refractivity (Wildman–Crippen MR) is 138 cm³/mol. The quantitative estimate of drug-likeness (QED) is 0.313. The Labute approximate surface area is 213 Å². The molecule has 186 valence electrons. The van der Waals surface area contributed by atoms with Crippen molar-refractivity contribution in [2.75, 3.05) is 24.1 Å². The highest BCUT2D eigenvalue weighted by atomic mass is 79.9. The number of sulfonamides is 1. The van der Waals surface area contributed by atoms with Crippen molar-refractivity contribution in [3.63, 3.8) is 0 Å². The molecule has 0 fully saturated rings. The summed E-state index contributed by atoms with van der Waals surface area (Å²) in [6.45, 7) is 0.249. The number of ether oxygens (including phenoxy) is 1. The number of hydrogen-bond donors (Lipinski definition) is 3. The molecule has 3 aromatic rings. The first-order chi connectivity index (χ1) is 16.6. The molecule has 0 aliphatic heterocycles. The van der Waals surface area contributed by atoms with Gasteiger partial charge < -0.3 is 19.8 Å². The van der Waals surface area contributed by atoms with Crippen molar-refractivity contribution in [1.82, 2.24) is 4.90 Å². The molecule has 3 rings (SSSR count). The van der Waals surface area contributed by atoms with E-state index in [4.69, 9.17) is 4.74 Å². The van der Waals surface area contributed by atoms with E-state index in [1.54, 1.807) is 12.1 Å². The van der Waals surface area contributed by atoms with Gasteiger partial charge in [-0.1, -0.05) is 64.5 Å². The van der Waals surface area contributed by atoms with Crippen LogP contribution in [-0.4, -0.2) is 49.0 Å². The van der Waals surface area contributed by atoms with Crippen LogP contribution in [-0.2, 0) is 23.1 Å². The number of carboxylic acid groups (broad SMARTS) is 1. The van der Waals surface area contributed by atoms with Crippen molar-refractivity contribution in [1.29, 1.82) is 0 Å². The second-order valence-corrected chi connectivity index (χ2v) is 10.7. The molecule has 1 atom stereocenters. The van der Waals surface area contributed by atoms with Crippen molar-refractivity contribution in [2.24, 2.45) is 0 Å². The summed E-state index contributed by atoms with van der Waals surface area (Å²) in [5, 5.41) is 20.4. The molecular weight excluding hydrogens is 536 g/mol. The smallest absolute Gasteiger partial charge is 0.407 e. The number of aliphatic hydroxyl groups is 1. The second kappa shape index (κ2) is 12.1. The lowest BCUT2D eigenvalue weighted by molar-refractivity contribution is 0.0973. The molecule has 0 radical (unpaired) electrons. The van der Waals surface area contributed by atoms with E-state index in [1.807, 2.05) is 54.6 Å². The summed E-state index contributed by atoms with van der Waals surface area (Å²) in [7, 11) is -3.62. The van der Waals surface area contributed by atoms with Crippen LogP contribution < -0.4 is 9.46 Å². The van der Waals surface area contributed by atoms with Gasteiger partial charge in [-0.05, 0) is 47.4 Å². The van der Waals surface area contributed by atoms with Crippen LogP contribution in [0.3, 0.4) is 0 Å². The molecule has 0 unspecified atom stereocenters. The summed E-state index contributed by atoms with van der Waals surface area (Å²) in [6, 6.07) is 21.6. The molecule has 35 heavy (non-hydrogen) atoms. The number of aliphatic hydroxyl groups excluding tert-OH is 1. The lowest BCUT2D eigenvalue weighted by Crippen LogP contribution is -2.35. The van der Waals surface area contributed by atoms with Crippen LogP contribution in [0.1, 0.15) is 22.8 Å². The Morgan fingerprint density at radius 3 is 2.37 bits per heavy atom. The van der Waals surface area contributed by atoms with Gasteiger partial charge in [0.2, 0.25) is 10.0 Å². The van der Waals surface area contributed by atoms with Crippen molar-refractivity contribution in [3.8, 4) is 5.75 Å². The standard InChI is InChI=1S/C25H27BrN2O6S/c1-35(32,33)27-22-15-20(9-12-24(22)34-17-19-5-3-2-4-6-19)23(29)16-28(25(30)31)14-13-18-7-10-21(26)11-8-18/h2-12,15,23,27,29H,13-14,16-17H2,1H3,(H,30,31)/t23-/m0/s1. The van der Waals surface area contributed by atoms with Gasteiger partial charge >= 0.3 is 6.09 Å². The van der Waals surface area contributed by atoms with E-state index in [2.05, 4.69) is 20.7 Å². The zero-order valence-electron chi connectivity index (χ0n) is 19.1. The molecule has 1 amide bonds. The summed E-state index contributed by atoms with van der Waals surface area (Å²) < 4.78 is 32.9. The molecular formula is C25H27BrN2O6S. The van der Waals surface area contributed by atoms with Crippen LogP contribution in [0.2, 0.25) is 0 Å². The molecule has 3 aromatic carbocycles. The fourth-order valence-electron chi connectivity index (χ4n) is 3.39. The summed E-state index contributed by atoms with van der Waals surface area (Å²) in [4.78, 5) is 12.9. The number of benzene rings is 3. The number of nitrogens with zero attached hydrogens (tertiary/aromatic N) is 1. The molecule has 0 aliphatic rings. The van der Waals surface area contributed by atoms with Crippen LogP contribution in [0.4, 0.5) is 10.5 Å². The van der Waals surface area contributed by atoms with Gasteiger partial charge in [-0.2, -0.15) is 0 Å². The zero-order chi connectivity index (χ0) is 25.4. The Morgan fingerprint density at radius 1 is 1.06 bits per heavy atom. The van der Waals surface area contributed by atoms with Crippen LogP contribution in [0, 0.1) is 0 Å². The van der Waals surface area contributed by atoms with Gasteiger partial charge in [-0.15, -0.1) is 0 Å². The van der Waals surface area contributed by atoms with Gasteiger partial charge in [0.15, 0.2) is 0 Å². The van der Waals surface area contributed by atoms with E-state index in [1.165, 1.54) is 6.07 Å². The molecule has 0 aromatic heterocycles. The maximum absolute atomic E-state index is 11.9. The van der Waals surface area contributed by atoms with Gasteiger partial charge in [-0.3, -0.25) is 4.72 Å². The first-order valence-corrected chi connectivity index (χ1v) is 13.5. The molecule has 0 saturated heterocycles. The minimum atomic E-state index is -3.62. The summed E-state index contributed by atoms with van der Waals surface area (Å²) in [5.74, 6) is 0.292. The molecule has 0 aliphatic carbocycles. The number of amides is 1. The van der Waals surface area contributed by atoms with E-state index >= 15 is 0 Å². The van der Waals surface area contributed by atoms with Gasteiger partial charge in [-0.25, -0.2) is 13.2 Å². The van der Waals surface area contributed by atoms with E-state index in [0.29, 0.717) is 17.7 Å². The van der Waals surface area contributed by atoms with Crippen molar-refractivity contribution in [3.05, 3.63) is 94.0 Å². The Kier molecular flexibility index (Phi) is 9.13. The Hall–Kier alpha value is -3.08. The monoisotopic (exact) mass is 562 g/mol. The van der Waals surface area contributed by atoms with Gasteiger partial charge in [0, 0.05) is 11.0 Å². The van der Waals surface area contributed by atoms with Gasteiger partial charge in [0.05, 0.1) is 24.6 Å². The largest absolute Gasteiger partial charge is 0.487 e. The van der Waals surface area contributed by atoms with Crippen LogP contribution >= 0.6 is 15.9 Å². The van der Waals surface area contributed by atoms with E-state index in [0.717, 1.165) is 26.8 Å². The van der Waals surface area contributed by atoms with Crippen LogP contribution in [0.25, 0.3) is 0 Å². The minimum absolute atomic E-state index is 0.164. The number of hydrogen-bond acceptors (Lipinski definition) is 5. The number of halogens is 1. The summed E-state index contributed by atoms with van der Waals surface area (Å²) >= 11 is 3.37. The average Bonchev–Trinajstić information content (AvgIpc) is 2.81. The molecule has 0 heterocycles. The topological polar surface area (TPSA) is 116 Å². The average molecular weight is 563 g/mol. The Bertz CT molecular complexity index is 1240. The summed E-state index contributed by atoms with van der Waals surface area (Å²) in [6.07, 6.45) is -0.817. The number of carbonyl (C=O) groups is 1. The fourth-order valence-corrected chi connectivity index (χ4v) is 4.21. The Balaban J connectivity index is 1.73. The van der Waals surface area contributed by atoms with Crippen LogP contribution in [0.15, 0.2) is 77.3 Å². The first kappa shape index (κ1) is 26.5. The Morgan fingerprint density at radius 2 is 1.74 bits per heavy atom. The third kappa shape index (κ3) is 8.57. The lowest BCUT2D eigenvalue weighted by atomic mass is 10.1. The lowest BCUT2D eigenvalue weighted by Gasteiger charge is -2.23. The SMILES string of the molecule is CS(=O)(=O)Nc1cc([C@@H](O)CN(CCc2ccc(Br)cc2)C(=O)O)ccc1OCc1ccccc1. The number of anilines is 1. The van der Waals surface area contributed by atoms with Crippen molar-refractivity contribution < 1.29 is 28.2 Å². The highest BCUT2D eigenvalue weighted by Gasteiger charge is 2.20. The predicted octanol–water partition coefficient (Wildman–Crippen LogP) is 4.66. The highest BCUT2D eigenvalue weighted by molar-refractivity contribution is 9.10. The van der Waals surface area contributed by atoms with Gasteiger partial charge in [0.1, 0.15) is 12.4 Å². The van der Waals surface area contributed by atoms with Crippen molar-refractivity contribution >= 4 is 37.7 Å². The van der Waals surface area contributed by atoms with E-state index < -0.39 is 22.2 Å². The minimum Gasteiger partial charge on any atom is -0.487 e.